The Balaban J connectivity index is 3.25. The van der Waals surface area contributed by atoms with Crippen LogP contribution in [0.4, 0.5) is 10.5 Å². The third-order valence-electron chi connectivity index (χ3n) is 2.68. The zero-order chi connectivity index (χ0) is 15.7. The summed E-state index contributed by atoms with van der Waals surface area (Å²) in [4.78, 5) is 24.7. The van der Waals surface area contributed by atoms with Crippen molar-refractivity contribution in [3.05, 3.63) is 28.8 Å². The number of carboxylic acids is 1. The number of nitrogens with zero attached hydrogens (tertiary/aromatic N) is 1. The molecule has 0 bridgehead atoms. The predicted molar refractivity (Wildman–Crippen MR) is 77.5 cm³/mol. The van der Waals surface area contributed by atoms with Crippen molar-refractivity contribution in [2.45, 2.75) is 40.2 Å². The van der Waals surface area contributed by atoms with Crippen LogP contribution < -0.4 is 4.90 Å². The number of carbonyl (C=O) groups is 2. The largest absolute Gasteiger partial charge is 0.478 e. The van der Waals surface area contributed by atoms with Gasteiger partial charge in [0.1, 0.15) is 5.60 Å². The van der Waals surface area contributed by atoms with Crippen LogP contribution >= 0.6 is 0 Å². The zero-order valence-electron chi connectivity index (χ0n) is 12.8. The standard InChI is InChI=1S/C15H21NO4/c1-9-7-10(2)12(11(8-9)13(17)18)16(6)14(19)20-15(3,4)5/h7-8H,1-6H3,(H,17,18). The maximum Gasteiger partial charge on any atom is 0.414 e. The van der Waals surface area contributed by atoms with E-state index < -0.39 is 17.7 Å². The number of ether oxygens (including phenoxy) is 1. The Morgan fingerprint density at radius 1 is 1.20 bits per heavy atom. The lowest BCUT2D eigenvalue weighted by molar-refractivity contribution is 0.0589. The van der Waals surface area contributed by atoms with Crippen molar-refractivity contribution in [3.63, 3.8) is 0 Å². The molecule has 0 aliphatic carbocycles. The molecule has 0 heterocycles. The van der Waals surface area contributed by atoms with Crippen molar-refractivity contribution >= 4 is 17.7 Å². The molecule has 0 aliphatic rings. The first-order valence-corrected chi connectivity index (χ1v) is 6.34. The van der Waals surface area contributed by atoms with E-state index in [1.807, 2.05) is 13.0 Å². The molecule has 5 nitrogen and oxygen atoms in total. The van der Waals surface area contributed by atoms with E-state index in [9.17, 15) is 14.7 Å². The number of hydrogen-bond donors (Lipinski definition) is 1. The summed E-state index contributed by atoms with van der Waals surface area (Å²) < 4.78 is 5.27. The second-order valence-corrected chi connectivity index (χ2v) is 5.82. The van der Waals surface area contributed by atoms with Gasteiger partial charge in [0, 0.05) is 7.05 Å². The predicted octanol–water partition coefficient (Wildman–Crippen LogP) is 3.37. The average molecular weight is 279 g/mol. The lowest BCUT2D eigenvalue weighted by Crippen LogP contribution is -2.35. The molecule has 1 rings (SSSR count). The minimum atomic E-state index is -1.07. The zero-order valence-corrected chi connectivity index (χ0v) is 12.8. The van der Waals surface area contributed by atoms with Crippen molar-refractivity contribution in [2.75, 3.05) is 11.9 Å². The van der Waals surface area contributed by atoms with Gasteiger partial charge in [0.05, 0.1) is 11.3 Å². The summed E-state index contributed by atoms with van der Waals surface area (Å²) in [6, 6.07) is 3.38. The van der Waals surface area contributed by atoms with Gasteiger partial charge in [-0.25, -0.2) is 9.59 Å². The first-order valence-electron chi connectivity index (χ1n) is 6.34. The summed E-state index contributed by atoms with van der Waals surface area (Å²) in [5.41, 5.74) is 1.37. The summed E-state index contributed by atoms with van der Waals surface area (Å²) in [7, 11) is 1.51. The fourth-order valence-corrected chi connectivity index (χ4v) is 1.99. The van der Waals surface area contributed by atoms with E-state index in [1.54, 1.807) is 33.8 Å². The number of aryl methyl sites for hydroxylation is 2. The van der Waals surface area contributed by atoms with Gasteiger partial charge in [-0.2, -0.15) is 0 Å². The topological polar surface area (TPSA) is 66.8 Å². The Kier molecular flexibility index (Phi) is 4.43. The monoisotopic (exact) mass is 279 g/mol. The van der Waals surface area contributed by atoms with Gasteiger partial charge >= 0.3 is 12.1 Å². The van der Waals surface area contributed by atoms with Gasteiger partial charge in [0.15, 0.2) is 0 Å². The lowest BCUT2D eigenvalue weighted by atomic mass is 10.0. The second-order valence-electron chi connectivity index (χ2n) is 5.82. The molecule has 0 spiro atoms. The maximum absolute atomic E-state index is 12.1. The number of aromatic carboxylic acids is 1. The second kappa shape index (κ2) is 5.53. The van der Waals surface area contributed by atoms with Gasteiger partial charge in [-0.15, -0.1) is 0 Å². The summed E-state index contributed by atoms with van der Waals surface area (Å²) in [5.74, 6) is -1.07. The van der Waals surface area contributed by atoms with Crippen LogP contribution in [0.5, 0.6) is 0 Å². The number of amides is 1. The van der Waals surface area contributed by atoms with Gasteiger partial charge in [0.25, 0.3) is 0 Å². The van der Waals surface area contributed by atoms with Crippen molar-refractivity contribution in [3.8, 4) is 0 Å². The number of anilines is 1. The van der Waals surface area contributed by atoms with Gasteiger partial charge in [-0.3, -0.25) is 4.90 Å². The first-order chi connectivity index (χ1) is 9.03. The van der Waals surface area contributed by atoms with Gasteiger partial charge in [-0.1, -0.05) is 6.07 Å². The molecule has 0 aromatic heterocycles. The van der Waals surface area contributed by atoms with Crippen LogP contribution in [-0.2, 0) is 4.74 Å². The first kappa shape index (κ1) is 16.0. The van der Waals surface area contributed by atoms with E-state index >= 15 is 0 Å². The van der Waals surface area contributed by atoms with E-state index in [-0.39, 0.29) is 5.56 Å². The van der Waals surface area contributed by atoms with Gasteiger partial charge < -0.3 is 9.84 Å². The van der Waals surface area contributed by atoms with Gasteiger partial charge in [0.2, 0.25) is 0 Å². The highest BCUT2D eigenvalue weighted by molar-refractivity contribution is 6.01. The van der Waals surface area contributed by atoms with Crippen molar-refractivity contribution < 1.29 is 19.4 Å². The Hall–Kier alpha value is -2.04. The number of benzene rings is 1. The summed E-state index contributed by atoms with van der Waals surface area (Å²) in [5, 5.41) is 9.30. The molecular formula is C15H21NO4. The third-order valence-corrected chi connectivity index (χ3v) is 2.68. The number of carbonyl (C=O) groups excluding carboxylic acids is 1. The fraction of sp³-hybridized carbons (Fsp3) is 0.467. The molecule has 0 saturated carbocycles. The molecule has 0 radical (unpaired) electrons. The van der Waals surface area contributed by atoms with Gasteiger partial charge in [-0.05, 0) is 51.8 Å². The van der Waals surface area contributed by atoms with Crippen LogP contribution in [-0.4, -0.2) is 29.8 Å². The maximum atomic E-state index is 12.1. The quantitative estimate of drug-likeness (QED) is 0.901. The molecular weight excluding hydrogens is 258 g/mol. The Labute approximate surface area is 119 Å². The van der Waals surface area contributed by atoms with E-state index in [1.165, 1.54) is 11.9 Å². The molecule has 1 N–H and O–H groups in total. The van der Waals surface area contributed by atoms with Crippen molar-refractivity contribution in [1.82, 2.24) is 0 Å². The molecule has 5 heteroatoms. The van der Waals surface area contributed by atoms with Crippen LogP contribution in [0, 0.1) is 13.8 Å². The fourth-order valence-electron chi connectivity index (χ4n) is 1.99. The number of rotatable bonds is 2. The summed E-state index contributed by atoms with van der Waals surface area (Å²) in [6.07, 6.45) is -0.577. The van der Waals surface area contributed by atoms with Crippen LogP contribution in [0.3, 0.4) is 0 Å². The highest BCUT2D eigenvalue weighted by Crippen LogP contribution is 2.27. The van der Waals surface area contributed by atoms with Crippen molar-refractivity contribution in [1.29, 1.82) is 0 Å². The molecule has 20 heavy (non-hydrogen) atoms. The third kappa shape index (κ3) is 3.73. The minimum absolute atomic E-state index is 0.0934. The van der Waals surface area contributed by atoms with Crippen LogP contribution in [0.2, 0.25) is 0 Å². The van der Waals surface area contributed by atoms with E-state index in [0.29, 0.717) is 5.69 Å². The molecule has 0 unspecified atom stereocenters. The normalized spacial score (nSPS) is 11.1. The molecule has 0 fully saturated rings. The lowest BCUT2D eigenvalue weighted by Gasteiger charge is -2.26. The average Bonchev–Trinajstić information content (AvgIpc) is 2.24. The number of hydrogen-bond acceptors (Lipinski definition) is 3. The van der Waals surface area contributed by atoms with Crippen LogP contribution in [0.1, 0.15) is 42.3 Å². The molecule has 1 aromatic rings. The number of carboxylic acid groups (broad SMARTS) is 1. The van der Waals surface area contributed by atoms with E-state index in [0.717, 1.165) is 11.1 Å². The minimum Gasteiger partial charge on any atom is -0.478 e. The summed E-state index contributed by atoms with van der Waals surface area (Å²) >= 11 is 0. The Morgan fingerprint density at radius 2 is 1.75 bits per heavy atom. The van der Waals surface area contributed by atoms with E-state index in [2.05, 4.69) is 0 Å². The highest BCUT2D eigenvalue weighted by Gasteiger charge is 2.25. The molecule has 1 aromatic carbocycles. The molecule has 0 aliphatic heterocycles. The van der Waals surface area contributed by atoms with Crippen LogP contribution in [0.25, 0.3) is 0 Å². The van der Waals surface area contributed by atoms with Crippen molar-refractivity contribution in [2.24, 2.45) is 0 Å². The molecule has 110 valence electrons. The Morgan fingerprint density at radius 3 is 2.20 bits per heavy atom. The highest BCUT2D eigenvalue weighted by atomic mass is 16.6. The smallest absolute Gasteiger partial charge is 0.414 e. The van der Waals surface area contributed by atoms with Crippen LogP contribution in [0.15, 0.2) is 12.1 Å². The Bertz CT molecular complexity index is 544. The molecule has 1 amide bonds. The molecule has 0 saturated heterocycles. The summed E-state index contributed by atoms with van der Waals surface area (Å²) in [6.45, 7) is 8.88. The SMILES string of the molecule is Cc1cc(C)c(N(C)C(=O)OC(C)(C)C)c(C(=O)O)c1. The molecule has 0 atom stereocenters. The van der Waals surface area contributed by atoms with E-state index in [4.69, 9.17) is 4.74 Å².